The van der Waals surface area contributed by atoms with Gasteiger partial charge >= 0.3 is 0 Å². The zero-order chi connectivity index (χ0) is 16.3. The molecule has 3 nitrogen and oxygen atoms in total. The van der Waals surface area contributed by atoms with Crippen LogP contribution in [-0.4, -0.2) is 26.1 Å². The van der Waals surface area contributed by atoms with Crippen molar-refractivity contribution in [3.8, 4) is 0 Å². The Morgan fingerprint density at radius 3 is 2.33 bits per heavy atom. The summed E-state index contributed by atoms with van der Waals surface area (Å²) in [6.07, 6.45) is 2.75. The van der Waals surface area contributed by atoms with Gasteiger partial charge in [-0.3, -0.25) is 4.99 Å². The second-order valence-electron chi connectivity index (χ2n) is 5.39. The van der Waals surface area contributed by atoms with Crippen molar-refractivity contribution < 1.29 is 4.39 Å². The molecule has 0 aliphatic carbocycles. The maximum atomic E-state index is 13.1. The first-order valence-electron chi connectivity index (χ1n) is 8.01. The molecule has 0 heterocycles. The number of hydrogen-bond acceptors (Lipinski definition) is 1. The van der Waals surface area contributed by atoms with Gasteiger partial charge in [0.05, 0.1) is 0 Å². The Bertz CT molecular complexity index is 617. The average Bonchev–Trinajstić information content (AvgIpc) is 2.58. The molecule has 2 N–H and O–H groups in total. The van der Waals surface area contributed by atoms with Crippen molar-refractivity contribution in [1.29, 1.82) is 0 Å². The number of aryl methyl sites for hydroxylation is 1. The molecule has 0 unspecified atom stereocenters. The van der Waals surface area contributed by atoms with Crippen molar-refractivity contribution >= 4 is 29.9 Å². The summed E-state index contributed by atoms with van der Waals surface area (Å²) in [6, 6.07) is 17.1. The Morgan fingerprint density at radius 2 is 1.62 bits per heavy atom. The molecular formula is C19H25FIN3. The van der Waals surface area contributed by atoms with Gasteiger partial charge in [-0.25, -0.2) is 4.39 Å². The Morgan fingerprint density at radius 1 is 0.917 bits per heavy atom. The molecule has 24 heavy (non-hydrogen) atoms. The number of aliphatic imine (C=N–C) groups is 1. The van der Waals surface area contributed by atoms with E-state index in [9.17, 15) is 4.39 Å². The predicted molar refractivity (Wildman–Crippen MR) is 110 cm³/mol. The third-order valence-corrected chi connectivity index (χ3v) is 3.60. The van der Waals surface area contributed by atoms with Crippen LogP contribution in [0, 0.1) is 5.82 Å². The van der Waals surface area contributed by atoms with E-state index in [1.165, 1.54) is 11.6 Å². The number of nitrogens with zero attached hydrogens (tertiary/aromatic N) is 1. The molecule has 5 heteroatoms. The maximum Gasteiger partial charge on any atom is 0.190 e. The predicted octanol–water partition coefficient (Wildman–Crippen LogP) is 3.78. The largest absolute Gasteiger partial charge is 0.356 e. The molecule has 0 saturated carbocycles. The summed E-state index contributed by atoms with van der Waals surface area (Å²) in [6.45, 7) is 1.65. The molecule has 130 valence electrons. The Labute approximate surface area is 160 Å². The van der Waals surface area contributed by atoms with E-state index in [0.717, 1.165) is 43.9 Å². The molecule has 0 radical (unpaired) electrons. The Kier molecular flexibility index (Phi) is 10.1. The van der Waals surface area contributed by atoms with E-state index in [-0.39, 0.29) is 29.8 Å². The monoisotopic (exact) mass is 441 g/mol. The van der Waals surface area contributed by atoms with E-state index in [1.54, 1.807) is 19.2 Å². The molecule has 0 aromatic heterocycles. The summed E-state index contributed by atoms with van der Waals surface area (Å²) in [7, 11) is 1.77. The summed E-state index contributed by atoms with van der Waals surface area (Å²) in [5, 5.41) is 6.59. The molecule has 0 fully saturated rings. The first kappa shape index (κ1) is 20.4. The number of rotatable bonds is 7. The lowest BCUT2D eigenvalue weighted by Crippen LogP contribution is -2.38. The second kappa shape index (κ2) is 11.8. The molecule has 0 aliphatic heterocycles. The molecular weight excluding hydrogens is 416 g/mol. The van der Waals surface area contributed by atoms with Crippen LogP contribution in [0.1, 0.15) is 17.5 Å². The van der Waals surface area contributed by atoms with Crippen molar-refractivity contribution in [3.05, 3.63) is 71.5 Å². The van der Waals surface area contributed by atoms with Crippen LogP contribution in [0.15, 0.2) is 59.6 Å². The van der Waals surface area contributed by atoms with Crippen LogP contribution >= 0.6 is 24.0 Å². The van der Waals surface area contributed by atoms with Crippen molar-refractivity contribution in [2.45, 2.75) is 19.3 Å². The zero-order valence-electron chi connectivity index (χ0n) is 14.0. The average molecular weight is 441 g/mol. The summed E-state index contributed by atoms with van der Waals surface area (Å²) < 4.78 is 13.1. The normalized spacial score (nSPS) is 10.8. The maximum absolute atomic E-state index is 13.1. The van der Waals surface area contributed by atoms with Crippen LogP contribution in [0.5, 0.6) is 0 Å². The second-order valence-corrected chi connectivity index (χ2v) is 5.39. The minimum absolute atomic E-state index is 0. The number of halogens is 2. The molecule has 0 atom stereocenters. The number of guanidine groups is 1. The lowest BCUT2D eigenvalue weighted by atomic mass is 10.1. The van der Waals surface area contributed by atoms with Gasteiger partial charge in [0.25, 0.3) is 0 Å². The minimum atomic E-state index is -0.172. The van der Waals surface area contributed by atoms with Crippen LogP contribution in [0.3, 0.4) is 0 Å². The van der Waals surface area contributed by atoms with Gasteiger partial charge in [-0.2, -0.15) is 0 Å². The van der Waals surface area contributed by atoms with Crippen molar-refractivity contribution in [1.82, 2.24) is 10.6 Å². The lowest BCUT2D eigenvalue weighted by Gasteiger charge is -2.12. The van der Waals surface area contributed by atoms with Gasteiger partial charge in [-0.1, -0.05) is 42.5 Å². The van der Waals surface area contributed by atoms with Gasteiger partial charge in [0.15, 0.2) is 5.96 Å². The number of benzene rings is 2. The highest BCUT2D eigenvalue weighted by Gasteiger charge is 1.99. The van der Waals surface area contributed by atoms with E-state index >= 15 is 0 Å². The highest BCUT2D eigenvalue weighted by Crippen LogP contribution is 2.05. The van der Waals surface area contributed by atoms with Crippen molar-refractivity contribution in [2.24, 2.45) is 4.99 Å². The van der Waals surface area contributed by atoms with Gasteiger partial charge in [-0.15, -0.1) is 24.0 Å². The molecule has 0 saturated heterocycles. The third kappa shape index (κ3) is 7.77. The molecule has 0 spiro atoms. The molecule has 2 aromatic rings. The van der Waals surface area contributed by atoms with Gasteiger partial charge in [-0.05, 0) is 42.5 Å². The molecule has 0 bridgehead atoms. The molecule has 2 aromatic carbocycles. The van der Waals surface area contributed by atoms with E-state index in [2.05, 4.69) is 39.9 Å². The summed E-state index contributed by atoms with van der Waals surface area (Å²) in [4.78, 5) is 4.21. The van der Waals surface area contributed by atoms with Gasteiger partial charge in [0.1, 0.15) is 5.82 Å². The van der Waals surface area contributed by atoms with E-state index in [4.69, 9.17) is 0 Å². The lowest BCUT2D eigenvalue weighted by molar-refractivity contribution is 0.624. The van der Waals surface area contributed by atoms with Gasteiger partial charge < -0.3 is 10.6 Å². The van der Waals surface area contributed by atoms with E-state index < -0.39 is 0 Å². The fraction of sp³-hybridized carbons (Fsp3) is 0.316. The Balaban J connectivity index is 0.00000288. The fourth-order valence-electron chi connectivity index (χ4n) is 2.38. The minimum Gasteiger partial charge on any atom is -0.356 e. The zero-order valence-corrected chi connectivity index (χ0v) is 16.3. The summed E-state index contributed by atoms with van der Waals surface area (Å²) in [5.41, 5.74) is 2.33. The number of nitrogens with one attached hydrogen (secondary N) is 2. The summed E-state index contributed by atoms with van der Waals surface area (Å²) in [5.74, 6) is 0.633. The summed E-state index contributed by atoms with van der Waals surface area (Å²) >= 11 is 0. The van der Waals surface area contributed by atoms with Crippen molar-refractivity contribution in [2.75, 3.05) is 20.1 Å². The highest BCUT2D eigenvalue weighted by atomic mass is 127. The van der Waals surface area contributed by atoms with Crippen LogP contribution in [0.2, 0.25) is 0 Å². The molecule has 0 aliphatic rings. The van der Waals surface area contributed by atoms with Crippen LogP contribution < -0.4 is 10.6 Å². The van der Waals surface area contributed by atoms with Gasteiger partial charge in [0, 0.05) is 20.1 Å². The van der Waals surface area contributed by atoms with E-state index in [0.29, 0.717) is 0 Å². The van der Waals surface area contributed by atoms with E-state index in [1.807, 2.05) is 12.1 Å². The van der Waals surface area contributed by atoms with Gasteiger partial charge in [0.2, 0.25) is 0 Å². The molecule has 2 rings (SSSR count). The van der Waals surface area contributed by atoms with Crippen LogP contribution in [0.25, 0.3) is 0 Å². The standard InChI is InChI=1S/C19H24FN3.HI/c1-21-19(23-14-12-16-7-3-2-4-8-16)22-13-6-10-17-9-5-11-18(20)15-17;/h2-5,7-9,11,15H,6,10,12-14H2,1H3,(H2,21,22,23);1H. The highest BCUT2D eigenvalue weighted by molar-refractivity contribution is 14.0. The first-order valence-corrected chi connectivity index (χ1v) is 8.01. The quantitative estimate of drug-likeness (QED) is 0.297. The van der Waals surface area contributed by atoms with Crippen molar-refractivity contribution in [3.63, 3.8) is 0 Å². The molecule has 0 amide bonds. The fourth-order valence-corrected chi connectivity index (χ4v) is 2.38. The SMILES string of the molecule is CN=C(NCCCc1cccc(F)c1)NCCc1ccccc1.I. The smallest absolute Gasteiger partial charge is 0.190 e. The third-order valence-electron chi connectivity index (χ3n) is 3.60. The first-order chi connectivity index (χ1) is 11.3. The number of hydrogen-bond donors (Lipinski definition) is 2. The topological polar surface area (TPSA) is 36.4 Å². The van der Waals surface area contributed by atoms with Crippen LogP contribution in [-0.2, 0) is 12.8 Å². The Hall–Kier alpha value is -1.63. The van der Waals surface area contributed by atoms with Crippen LogP contribution in [0.4, 0.5) is 4.39 Å².